The minimum absolute atomic E-state index is 0.147. The van der Waals surface area contributed by atoms with Gasteiger partial charge in [0, 0.05) is 18.5 Å². The molecule has 1 rings (SSSR count). The van der Waals surface area contributed by atoms with E-state index < -0.39 is 5.97 Å². The predicted molar refractivity (Wildman–Crippen MR) is 74.2 cm³/mol. The summed E-state index contributed by atoms with van der Waals surface area (Å²) in [6.07, 6.45) is 2.21. The maximum absolute atomic E-state index is 11.9. The molecule has 0 spiro atoms. The van der Waals surface area contributed by atoms with E-state index in [0.717, 1.165) is 12.8 Å². The fraction of sp³-hybridized carbons (Fsp3) is 0.385. The van der Waals surface area contributed by atoms with Crippen LogP contribution in [-0.2, 0) is 4.79 Å². The fourth-order valence-corrected chi connectivity index (χ4v) is 1.78. The van der Waals surface area contributed by atoms with E-state index in [-0.39, 0.29) is 30.5 Å². The van der Waals surface area contributed by atoms with E-state index in [1.165, 1.54) is 6.07 Å². The summed E-state index contributed by atoms with van der Waals surface area (Å²) < 4.78 is 16.5. The molecule has 1 amide bonds. The molecule has 7 heteroatoms. The zero-order valence-corrected chi connectivity index (χ0v) is 11.6. The van der Waals surface area contributed by atoms with Crippen LogP contribution in [-0.4, -0.2) is 23.5 Å². The van der Waals surface area contributed by atoms with Gasteiger partial charge in [0.05, 0.1) is 0 Å². The molecule has 0 aliphatic rings. The van der Waals surface area contributed by atoms with Gasteiger partial charge in [-0.1, -0.05) is 12.5 Å². The number of nitrogens with one attached hydrogen (secondary N) is 1. The molecule has 0 bridgehead atoms. The standard InChI is InChI=1S/C13H16FNO4S/c14-20-19-11-6-4-5-10(9-11)13(18)15-8-3-1-2-7-12(16)17/h4-6,9H,1-3,7-8H2,(H,15,18)(H,16,17). The van der Waals surface area contributed by atoms with E-state index in [1.807, 2.05) is 0 Å². The van der Waals surface area contributed by atoms with Crippen LogP contribution in [0.2, 0.25) is 0 Å². The van der Waals surface area contributed by atoms with Crippen molar-refractivity contribution in [2.24, 2.45) is 0 Å². The van der Waals surface area contributed by atoms with Crippen LogP contribution < -0.4 is 9.50 Å². The van der Waals surface area contributed by atoms with E-state index in [1.54, 1.807) is 18.2 Å². The SMILES string of the molecule is O=C(O)CCCCCNC(=O)c1cccc(OSF)c1. The number of carbonyl (C=O) groups is 2. The molecule has 1 aromatic rings. The summed E-state index contributed by atoms with van der Waals surface area (Å²) in [6.45, 7) is 0.474. The van der Waals surface area contributed by atoms with Gasteiger partial charge in [-0.25, -0.2) is 0 Å². The molecule has 1 aromatic carbocycles. The Labute approximate surface area is 121 Å². The molecule has 110 valence electrons. The Balaban J connectivity index is 2.28. The highest BCUT2D eigenvalue weighted by Crippen LogP contribution is 2.18. The first kappa shape index (κ1) is 16.3. The van der Waals surface area contributed by atoms with Crippen LogP contribution in [0.3, 0.4) is 0 Å². The van der Waals surface area contributed by atoms with Crippen LogP contribution in [0, 0.1) is 0 Å². The van der Waals surface area contributed by atoms with Crippen LogP contribution in [0.15, 0.2) is 24.3 Å². The monoisotopic (exact) mass is 301 g/mol. The van der Waals surface area contributed by atoms with Crippen LogP contribution in [0.25, 0.3) is 0 Å². The van der Waals surface area contributed by atoms with Crippen LogP contribution in [0.4, 0.5) is 3.89 Å². The summed E-state index contributed by atoms with van der Waals surface area (Å²) in [5, 5.41) is 11.2. The van der Waals surface area contributed by atoms with Crippen LogP contribution >= 0.6 is 12.4 Å². The molecular formula is C13H16FNO4S. The van der Waals surface area contributed by atoms with Crippen LogP contribution in [0.1, 0.15) is 36.0 Å². The lowest BCUT2D eigenvalue weighted by Crippen LogP contribution is -2.24. The van der Waals surface area contributed by atoms with Crippen molar-refractivity contribution in [1.82, 2.24) is 5.32 Å². The maximum atomic E-state index is 11.9. The number of aliphatic carboxylic acids is 1. The molecule has 2 N–H and O–H groups in total. The molecule has 20 heavy (non-hydrogen) atoms. The highest BCUT2D eigenvalue weighted by molar-refractivity contribution is 7.89. The summed E-state index contributed by atoms with van der Waals surface area (Å²) in [7, 11) is 0. The quantitative estimate of drug-likeness (QED) is 0.542. The zero-order chi connectivity index (χ0) is 14.8. The van der Waals surface area contributed by atoms with Gasteiger partial charge in [-0.2, -0.15) is 0 Å². The maximum Gasteiger partial charge on any atom is 0.303 e. The summed E-state index contributed by atoms with van der Waals surface area (Å²) >= 11 is -0.275. The number of halogens is 1. The molecule has 0 radical (unpaired) electrons. The predicted octanol–water partition coefficient (Wildman–Crippen LogP) is 2.97. The number of carbonyl (C=O) groups excluding carboxylic acids is 1. The lowest BCUT2D eigenvalue weighted by Gasteiger charge is -2.06. The lowest BCUT2D eigenvalue weighted by atomic mass is 10.2. The van der Waals surface area contributed by atoms with Gasteiger partial charge in [0.25, 0.3) is 18.3 Å². The van der Waals surface area contributed by atoms with Crippen molar-refractivity contribution < 1.29 is 22.8 Å². The molecule has 0 heterocycles. The van der Waals surface area contributed by atoms with Crippen molar-refractivity contribution in [3.63, 3.8) is 0 Å². The van der Waals surface area contributed by atoms with Gasteiger partial charge in [-0.3, -0.25) is 9.59 Å². The zero-order valence-electron chi connectivity index (χ0n) is 10.8. The molecule has 0 unspecified atom stereocenters. The van der Waals surface area contributed by atoms with Gasteiger partial charge >= 0.3 is 5.97 Å². The third kappa shape index (κ3) is 6.42. The highest BCUT2D eigenvalue weighted by Gasteiger charge is 2.06. The van der Waals surface area contributed by atoms with Gasteiger partial charge in [-0.15, -0.1) is 3.89 Å². The molecule has 0 saturated heterocycles. The summed E-state index contributed by atoms with van der Waals surface area (Å²) in [6, 6.07) is 6.21. The molecule has 5 nitrogen and oxygen atoms in total. The van der Waals surface area contributed by atoms with Crippen molar-refractivity contribution >= 4 is 24.3 Å². The second-order valence-corrected chi connectivity index (χ2v) is 4.43. The molecule has 0 aromatic heterocycles. The van der Waals surface area contributed by atoms with Crippen LogP contribution in [0.5, 0.6) is 5.75 Å². The number of hydrogen-bond acceptors (Lipinski definition) is 4. The Morgan fingerprint density at radius 2 is 2.10 bits per heavy atom. The number of hydrogen-bond donors (Lipinski definition) is 2. The summed E-state index contributed by atoms with van der Waals surface area (Å²) in [5.74, 6) is -0.805. The number of amides is 1. The van der Waals surface area contributed by atoms with E-state index in [2.05, 4.69) is 9.50 Å². The van der Waals surface area contributed by atoms with Gasteiger partial charge in [0.15, 0.2) is 0 Å². The van der Waals surface area contributed by atoms with Crippen molar-refractivity contribution in [3.05, 3.63) is 29.8 Å². The van der Waals surface area contributed by atoms with E-state index in [9.17, 15) is 13.5 Å². The number of carboxylic acid groups (broad SMARTS) is 1. The highest BCUT2D eigenvalue weighted by atomic mass is 32.2. The normalized spacial score (nSPS) is 10.1. The minimum atomic E-state index is -0.809. The lowest BCUT2D eigenvalue weighted by molar-refractivity contribution is -0.137. The molecule has 0 fully saturated rings. The largest absolute Gasteiger partial charge is 0.481 e. The summed E-state index contributed by atoms with van der Waals surface area (Å²) in [5.41, 5.74) is 0.391. The van der Waals surface area contributed by atoms with E-state index in [0.29, 0.717) is 18.5 Å². The minimum Gasteiger partial charge on any atom is -0.481 e. The van der Waals surface area contributed by atoms with Crippen molar-refractivity contribution in [2.45, 2.75) is 25.7 Å². The average molecular weight is 301 g/mol. The third-order valence-corrected chi connectivity index (χ3v) is 2.83. The Morgan fingerprint density at radius 3 is 2.80 bits per heavy atom. The average Bonchev–Trinajstić information content (AvgIpc) is 2.43. The molecular weight excluding hydrogens is 285 g/mol. The number of rotatable bonds is 9. The molecule has 0 saturated carbocycles. The first-order valence-electron chi connectivity index (χ1n) is 6.19. The van der Waals surface area contributed by atoms with Gasteiger partial charge < -0.3 is 14.6 Å². The first-order chi connectivity index (χ1) is 9.63. The second kappa shape index (κ2) is 9.19. The number of unbranched alkanes of at least 4 members (excludes halogenated alkanes) is 2. The van der Waals surface area contributed by atoms with Gasteiger partial charge in [0.2, 0.25) is 0 Å². The molecule has 0 aliphatic carbocycles. The van der Waals surface area contributed by atoms with Crippen molar-refractivity contribution in [3.8, 4) is 5.75 Å². The van der Waals surface area contributed by atoms with Crippen molar-refractivity contribution in [1.29, 1.82) is 0 Å². The molecule has 0 atom stereocenters. The van der Waals surface area contributed by atoms with Crippen molar-refractivity contribution in [2.75, 3.05) is 6.54 Å². The summed E-state index contributed by atoms with van der Waals surface area (Å²) in [4.78, 5) is 22.1. The first-order valence-corrected chi connectivity index (χ1v) is 6.83. The second-order valence-electron chi connectivity index (χ2n) is 4.13. The smallest absolute Gasteiger partial charge is 0.303 e. The fourth-order valence-electron chi connectivity index (χ4n) is 1.61. The number of carboxylic acids is 1. The van der Waals surface area contributed by atoms with E-state index >= 15 is 0 Å². The van der Waals surface area contributed by atoms with Gasteiger partial charge in [0.1, 0.15) is 5.75 Å². The topological polar surface area (TPSA) is 75.6 Å². The Morgan fingerprint density at radius 1 is 1.30 bits per heavy atom. The number of benzene rings is 1. The Kier molecular flexibility index (Phi) is 7.49. The van der Waals surface area contributed by atoms with E-state index in [4.69, 9.17) is 5.11 Å². The molecule has 0 aliphatic heterocycles. The Bertz CT molecular complexity index is 456. The third-order valence-electron chi connectivity index (χ3n) is 2.58. The van der Waals surface area contributed by atoms with Gasteiger partial charge in [-0.05, 0) is 31.0 Å². The Hall–Kier alpha value is -1.76.